The van der Waals surface area contributed by atoms with E-state index in [1.807, 2.05) is 18.4 Å². The molecule has 1 aromatic heterocycles. The Morgan fingerprint density at radius 2 is 2.11 bits per heavy atom. The number of hydrogen-bond donors (Lipinski definition) is 1. The summed E-state index contributed by atoms with van der Waals surface area (Å²) < 4.78 is 0. The number of hydrogen-bond acceptors (Lipinski definition) is 4. The summed E-state index contributed by atoms with van der Waals surface area (Å²) in [6.45, 7) is 6.64. The van der Waals surface area contributed by atoms with Gasteiger partial charge < -0.3 is 10.2 Å². The molecule has 108 valence electrons. The first-order valence-corrected chi connectivity index (χ1v) is 8.51. The van der Waals surface area contributed by atoms with Gasteiger partial charge in [0, 0.05) is 24.0 Å². The topological polar surface area (TPSA) is 28.2 Å². The number of anilines is 1. The van der Waals surface area contributed by atoms with Gasteiger partial charge in [0.15, 0.2) is 5.13 Å². The third-order valence-corrected chi connectivity index (χ3v) is 4.71. The molecule has 1 heterocycles. The highest BCUT2D eigenvalue weighted by atomic mass is 32.1. The normalized spacial score (nSPS) is 14.9. The second kappa shape index (κ2) is 7.25. The number of aromatic nitrogens is 1. The zero-order valence-electron chi connectivity index (χ0n) is 12.5. The Kier molecular flexibility index (Phi) is 5.64. The van der Waals surface area contributed by atoms with Crippen molar-refractivity contribution in [2.45, 2.75) is 65.0 Å². The first-order valence-electron chi connectivity index (χ1n) is 7.69. The van der Waals surface area contributed by atoms with Crippen molar-refractivity contribution in [2.75, 3.05) is 18.5 Å². The van der Waals surface area contributed by atoms with Crippen LogP contribution in [0.5, 0.6) is 0 Å². The molecule has 0 saturated heterocycles. The molecule has 0 aliphatic heterocycles. The van der Waals surface area contributed by atoms with Crippen molar-refractivity contribution >= 4 is 16.5 Å². The van der Waals surface area contributed by atoms with E-state index in [0.717, 1.165) is 19.0 Å². The Morgan fingerprint density at radius 3 is 2.68 bits per heavy atom. The van der Waals surface area contributed by atoms with Gasteiger partial charge in [-0.25, -0.2) is 4.98 Å². The predicted molar refractivity (Wildman–Crippen MR) is 84.1 cm³/mol. The van der Waals surface area contributed by atoms with Gasteiger partial charge in [0.1, 0.15) is 0 Å². The van der Waals surface area contributed by atoms with E-state index in [-0.39, 0.29) is 0 Å². The third kappa shape index (κ3) is 3.93. The molecule has 1 N–H and O–H groups in total. The molecule has 1 aliphatic carbocycles. The minimum absolute atomic E-state index is 0.773. The van der Waals surface area contributed by atoms with Crippen molar-refractivity contribution in [3.63, 3.8) is 0 Å². The van der Waals surface area contributed by atoms with E-state index in [4.69, 9.17) is 4.98 Å². The number of thiazole rings is 1. The van der Waals surface area contributed by atoms with Crippen LogP contribution >= 0.6 is 11.3 Å². The Bertz CT molecular complexity index is 361. The highest BCUT2D eigenvalue weighted by Crippen LogP contribution is 2.36. The van der Waals surface area contributed by atoms with Crippen LogP contribution in [0.3, 0.4) is 0 Å². The predicted octanol–water partition coefficient (Wildman–Crippen LogP) is 3.58. The maximum atomic E-state index is 4.94. The largest absolute Gasteiger partial charge is 0.345 e. The summed E-state index contributed by atoms with van der Waals surface area (Å²) in [5.41, 5.74) is 1.32. The first kappa shape index (κ1) is 14.8. The average Bonchev–Trinajstić information content (AvgIpc) is 3.16. The number of aryl methyl sites for hydroxylation is 1. The van der Waals surface area contributed by atoms with Crippen molar-refractivity contribution in [1.82, 2.24) is 10.3 Å². The molecule has 1 aliphatic rings. The lowest BCUT2D eigenvalue weighted by molar-refractivity contribution is 0.708. The van der Waals surface area contributed by atoms with Crippen LogP contribution in [-0.2, 0) is 13.0 Å². The summed E-state index contributed by atoms with van der Waals surface area (Å²) in [7, 11) is 2.02. The quantitative estimate of drug-likeness (QED) is 0.750. The van der Waals surface area contributed by atoms with Gasteiger partial charge in [-0.3, -0.25) is 0 Å². The van der Waals surface area contributed by atoms with Gasteiger partial charge in [0.25, 0.3) is 0 Å². The maximum Gasteiger partial charge on any atom is 0.186 e. The van der Waals surface area contributed by atoms with Crippen LogP contribution in [-0.4, -0.2) is 24.6 Å². The van der Waals surface area contributed by atoms with Crippen LogP contribution in [0.1, 0.15) is 56.5 Å². The van der Waals surface area contributed by atoms with Crippen LogP contribution in [0.2, 0.25) is 0 Å². The molecule has 0 unspecified atom stereocenters. The van der Waals surface area contributed by atoms with E-state index in [2.05, 4.69) is 24.1 Å². The minimum Gasteiger partial charge on any atom is -0.345 e. The summed E-state index contributed by atoms with van der Waals surface area (Å²) in [5, 5.41) is 4.54. The van der Waals surface area contributed by atoms with Crippen molar-refractivity contribution in [3.05, 3.63) is 10.6 Å². The molecule has 1 aromatic rings. The van der Waals surface area contributed by atoms with E-state index < -0.39 is 0 Å². The highest BCUT2D eigenvalue weighted by Gasteiger charge is 2.31. The molecule has 0 bridgehead atoms. The van der Waals surface area contributed by atoms with Crippen molar-refractivity contribution in [1.29, 1.82) is 0 Å². The average molecular weight is 281 g/mol. The Balaban J connectivity index is 2.13. The lowest BCUT2D eigenvalue weighted by Crippen LogP contribution is -2.26. The van der Waals surface area contributed by atoms with E-state index in [9.17, 15) is 0 Å². The molecular formula is C15H27N3S. The van der Waals surface area contributed by atoms with Gasteiger partial charge in [-0.1, -0.05) is 26.7 Å². The molecule has 2 rings (SSSR count). The maximum absolute atomic E-state index is 4.94. The lowest BCUT2D eigenvalue weighted by atomic mass is 10.2. The fourth-order valence-electron chi connectivity index (χ4n) is 2.37. The third-order valence-electron chi connectivity index (χ3n) is 3.58. The summed E-state index contributed by atoms with van der Waals surface area (Å²) in [5.74, 6) is 0. The Hall–Kier alpha value is -0.610. The van der Waals surface area contributed by atoms with Gasteiger partial charge in [0.2, 0.25) is 0 Å². The zero-order valence-corrected chi connectivity index (χ0v) is 13.4. The van der Waals surface area contributed by atoms with E-state index >= 15 is 0 Å². The van der Waals surface area contributed by atoms with Crippen LogP contribution in [0, 0.1) is 0 Å². The zero-order chi connectivity index (χ0) is 13.7. The smallest absolute Gasteiger partial charge is 0.186 e. The molecule has 4 heteroatoms. The Labute approximate surface area is 121 Å². The van der Waals surface area contributed by atoms with Gasteiger partial charge in [-0.2, -0.15) is 0 Å². The Morgan fingerprint density at radius 1 is 1.32 bits per heavy atom. The van der Waals surface area contributed by atoms with Gasteiger partial charge in [0.05, 0.1) is 5.69 Å². The number of nitrogens with zero attached hydrogens (tertiary/aromatic N) is 2. The standard InChI is InChI=1S/C15H27N3S/c1-4-6-10-18(12-8-9-12)15-17-13(7-5-2)14(19-15)11-16-3/h12,16H,4-11H2,1-3H3. The lowest BCUT2D eigenvalue weighted by Gasteiger charge is -2.20. The summed E-state index contributed by atoms with van der Waals surface area (Å²) in [6, 6.07) is 0.773. The molecule has 1 saturated carbocycles. The van der Waals surface area contributed by atoms with Crippen molar-refractivity contribution < 1.29 is 0 Å². The van der Waals surface area contributed by atoms with E-state index in [0.29, 0.717) is 0 Å². The second-order valence-corrected chi connectivity index (χ2v) is 6.49. The molecule has 0 atom stereocenters. The molecule has 0 aromatic carbocycles. The van der Waals surface area contributed by atoms with Crippen LogP contribution in [0.25, 0.3) is 0 Å². The van der Waals surface area contributed by atoms with E-state index in [1.165, 1.54) is 54.4 Å². The van der Waals surface area contributed by atoms with Gasteiger partial charge in [-0.05, 0) is 32.7 Å². The second-order valence-electron chi connectivity index (χ2n) is 5.42. The van der Waals surface area contributed by atoms with Crippen LogP contribution in [0.15, 0.2) is 0 Å². The molecule has 1 fully saturated rings. The molecule has 0 radical (unpaired) electrons. The van der Waals surface area contributed by atoms with Crippen LogP contribution < -0.4 is 10.2 Å². The number of nitrogens with one attached hydrogen (secondary N) is 1. The summed E-state index contributed by atoms with van der Waals surface area (Å²) in [4.78, 5) is 8.93. The number of unbranched alkanes of at least 4 members (excludes halogenated alkanes) is 1. The molecule has 19 heavy (non-hydrogen) atoms. The SMILES string of the molecule is CCCCN(c1nc(CCC)c(CNC)s1)C1CC1. The minimum atomic E-state index is 0.773. The highest BCUT2D eigenvalue weighted by molar-refractivity contribution is 7.15. The fraction of sp³-hybridized carbons (Fsp3) is 0.800. The van der Waals surface area contributed by atoms with Crippen molar-refractivity contribution in [3.8, 4) is 0 Å². The van der Waals surface area contributed by atoms with Crippen molar-refractivity contribution in [2.24, 2.45) is 0 Å². The molecule has 3 nitrogen and oxygen atoms in total. The van der Waals surface area contributed by atoms with Crippen LogP contribution in [0.4, 0.5) is 5.13 Å². The monoisotopic (exact) mass is 281 g/mol. The molecule has 0 amide bonds. The summed E-state index contributed by atoms with van der Waals surface area (Å²) in [6.07, 6.45) is 7.54. The van der Waals surface area contributed by atoms with E-state index in [1.54, 1.807) is 0 Å². The molecule has 0 spiro atoms. The fourth-order valence-corrected chi connectivity index (χ4v) is 3.59. The van der Waals surface area contributed by atoms with Gasteiger partial charge in [-0.15, -0.1) is 11.3 Å². The van der Waals surface area contributed by atoms with Gasteiger partial charge >= 0.3 is 0 Å². The number of rotatable bonds is 9. The molecular weight excluding hydrogens is 254 g/mol. The summed E-state index contributed by atoms with van der Waals surface area (Å²) >= 11 is 1.90. The first-order chi connectivity index (χ1) is 9.30.